The first-order valence-electron chi connectivity index (χ1n) is 5.07. The lowest BCUT2D eigenvalue weighted by molar-refractivity contribution is 0.263. The summed E-state index contributed by atoms with van der Waals surface area (Å²) in [6.07, 6.45) is 0. The van der Waals surface area contributed by atoms with E-state index in [0.717, 1.165) is 12.3 Å². The summed E-state index contributed by atoms with van der Waals surface area (Å²) in [6, 6.07) is 8.44. The monoisotopic (exact) mass is 227 g/mol. The highest BCUT2D eigenvalue weighted by Crippen LogP contribution is 2.19. The van der Waals surface area contributed by atoms with E-state index in [1.807, 2.05) is 18.2 Å². The van der Waals surface area contributed by atoms with Crippen molar-refractivity contribution in [3.63, 3.8) is 0 Å². The van der Waals surface area contributed by atoms with Crippen LogP contribution in [0.5, 0.6) is 5.75 Å². The number of methoxy groups -OCH3 is 1. The Kier molecular flexibility index (Phi) is 4.92. The van der Waals surface area contributed by atoms with E-state index in [-0.39, 0.29) is 0 Å². The van der Waals surface area contributed by atoms with Crippen LogP contribution < -0.4 is 4.74 Å². The maximum atomic E-state index is 5.81. The molecule has 1 aromatic carbocycles. The lowest BCUT2D eigenvalue weighted by atomic mass is 10.2. The molecular weight excluding hydrogens is 210 g/mol. The van der Waals surface area contributed by atoms with Gasteiger partial charge < -0.3 is 4.74 Å². The second-order valence-electron chi connectivity index (χ2n) is 3.73. The number of para-hydroxylation sites is 1. The number of benzene rings is 1. The van der Waals surface area contributed by atoms with Crippen LogP contribution >= 0.6 is 11.6 Å². The van der Waals surface area contributed by atoms with Crippen LogP contribution in [0.15, 0.2) is 24.3 Å². The van der Waals surface area contributed by atoms with Crippen LogP contribution in [0.4, 0.5) is 0 Å². The summed E-state index contributed by atoms with van der Waals surface area (Å²) in [5.74, 6) is 1.58. The minimum absolute atomic E-state index is 0.372. The van der Waals surface area contributed by atoms with Gasteiger partial charge in [-0.05, 0) is 20.0 Å². The van der Waals surface area contributed by atoms with Crippen LogP contribution in [0, 0.1) is 0 Å². The molecule has 15 heavy (non-hydrogen) atoms. The summed E-state index contributed by atoms with van der Waals surface area (Å²) in [7, 11) is 3.77. The van der Waals surface area contributed by atoms with E-state index in [1.54, 1.807) is 7.11 Å². The van der Waals surface area contributed by atoms with E-state index < -0.39 is 0 Å². The molecule has 0 fully saturated rings. The standard InChI is InChI=1S/C12H18ClNO/c1-10(8-13)14(2)9-11-6-4-5-7-12(11)15-3/h4-7,10H,8-9H2,1-3H3. The largest absolute Gasteiger partial charge is 0.496 e. The Morgan fingerprint density at radius 3 is 2.67 bits per heavy atom. The van der Waals surface area contributed by atoms with Crippen molar-refractivity contribution in [1.29, 1.82) is 0 Å². The quantitative estimate of drug-likeness (QED) is 0.718. The van der Waals surface area contributed by atoms with Gasteiger partial charge in [0.05, 0.1) is 7.11 Å². The molecule has 3 heteroatoms. The van der Waals surface area contributed by atoms with E-state index in [9.17, 15) is 0 Å². The minimum Gasteiger partial charge on any atom is -0.496 e. The maximum absolute atomic E-state index is 5.81. The Balaban J connectivity index is 2.71. The Bertz CT molecular complexity index is 303. The third-order valence-electron chi connectivity index (χ3n) is 2.59. The zero-order valence-electron chi connectivity index (χ0n) is 9.53. The number of ether oxygens (including phenoxy) is 1. The van der Waals surface area contributed by atoms with Crippen molar-refractivity contribution < 1.29 is 4.74 Å². The highest BCUT2D eigenvalue weighted by Gasteiger charge is 2.10. The molecule has 0 amide bonds. The summed E-state index contributed by atoms with van der Waals surface area (Å²) in [5.41, 5.74) is 1.19. The van der Waals surface area contributed by atoms with Crippen LogP contribution in [0.3, 0.4) is 0 Å². The van der Waals surface area contributed by atoms with Crippen molar-refractivity contribution >= 4 is 11.6 Å². The van der Waals surface area contributed by atoms with Crippen molar-refractivity contribution in [3.05, 3.63) is 29.8 Å². The van der Waals surface area contributed by atoms with Crippen LogP contribution in [0.25, 0.3) is 0 Å². The summed E-state index contributed by atoms with van der Waals surface area (Å²) in [6.45, 7) is 2.97. The van der Waals surface area contributed by atoms with Crippen molar-refractivity contribution in [3.8, 4) is 5.75 Å². The fourth-order valence-corrected chi connectivity index (χ4v) is 1.61. The third kappa shape index (κ3) is 3.40. The van der Waals surface area contributed by atoms with Crippen LogP contribution in [-0.4, -0.2) is 31.0 Å². The van der Waals surface area contributed by atoms with Gasteiger partial charge in [-0.25, -0.2) is 0 Å². The molecule has 0 aliphatic heterocycles. The van der Waals surface area contributed by atoms with E-state index in [4.69, 9.17) is 16.3 Å². The van der Waals surface area contributed by atoms with Gasteiger partial charge in [0.1, 0.15) is 5.75 Å². The van der Waals surface area contributed by atoms with Crippen molar-refractivity contribution in [2.45, 2.75) is 19.5 Å². The lowest BCUT2D eigenvalue weighted by Gasteiger charge is -2.23. The van der Waals surface area contributed by atoms with E-state index in [0.29, 0.717) is 11.9 Å². The van der Waals surface area contributed by atoms with Crippen LogP contribution in [0.2, 0.25) is 0 Å². The van der Waals surface area contributed by atoms with Gasteiger partial charge in [0.25, 0.3) is 0 Å². The molecule has 0 saturated heterocycles. The molecule has 0 spiro atoms. The number of alkyl halides is 1. The van der Waals surface area contributed by atoms with Gasteiger partial charge in [0.15, 0.2) is 0 Å². The molecule has 84 valence electrons. The molecule has 2 nitrogen and oxygen atoms in total. The molecule has 1 rings (SSSR count). The van der Waals surface area contributed by atoms with Crippen molar-refractivity contribution in [2.75, 3.05) is 20.0 Å². The predicted molar refractivity (Wildman–Crippen MR) is 64.6 cm³/mol. The van der Waals surface area contributed by atoms with Gasteiger partial charge in [-0.15, -0.1) is 11.6 Å². The smallest absolute Gasteiger partial charge is 0.123 e. The zero-order chi connectivity index (χ0) is 11.3. The molecule has 0 saturated carbocycles. The summed E-state index contributed by atoms with van der Waals surface area (Å²) < 4.78 is 5.30. The van der Waals surface area contributed by atoms with Gasteiger partial charge in [-0.2, -0.15) is 0 Å². The van der Waals surface area contributed by atoms with E-state index in [1.165, 1.54) is 5.56 Å². The lowest BCUT2D eigenvalue weighted by Crippen LogP contribution is -2.29. The highest BCUT2D eigenvalue weighted by molar-refractivity contribution is 6.18. The zero-order valence-corrected chi connectivity index (χ0v) is 10.3. The first-order valence-corrected chi connectivity index (χ1v) is 5.60. The van der Waals surface area contributed by atoms with Crippen molar-refractivity contribution in [2.24, 2.45) is 0 Å². The van der Waals surface area contributed by atoms with E-state index in [2.05, 4.69) is 24.9 Å². The molecule has 0 radical (unpaired) electrons. The number of hydrogen-bond acceptors (Lipinski definition) is 2. The number of halogens is 1. The Morgan fingerprint density at radius 2 is 2.07 bits per heavy atom. The number of hydrogen-bond donors (Lipinski definition) is 0. The fraction of sp³-hybridized carbons (Fsp3) is 0.500. The summed E-state index contributed by atoms with van der Waals surface area (Å²) in [4.78, 5) is 2.21. The normalized spacial score (nSPS) is 12.9. The minimum atomic E-state index is 0.372. The molecule has 1 atom stereocenters. The molecular formula is C12H18ClNO. The Hall–Kier alpha value is -0.730. The molecule has 1 unspecified atom stereocenters. The molecule has 0 aliphatic rings. The number of rotatable bonds is 5. The topological polar surface area (TPSA) is 12.5 Å². The summed E-state index contributed by atoms with van der Waals surface area (Å²) >= 11 is 5.81. The van der Waals surface area contributed by atoms with E-state index >= 15 is 0 Å². The molecule has 0 aliphatic carbocycles. The molecule has 0 heterocycles. The average Bonchev–Trinajstić information content (AvgIpc) is 2.28. The predicted octanol–water partition coefficient (Wildman–Crippen LogP) is 2.75. The maximum Gasteiger partial charge on any atom is 0.123 e. The van der Waals surface area contributed by atoms with Gasteiger partial charge >= 0.3 is 0 Å². The number of nitrogens with zero attached hydrogens (tertiary/aromatic N) is 1. The highest BCUT2D eigenvalue weighted by atomic mass is 35.5. The average molecular weight is 228 g/mol. The van der Waals surface area contributed by atoms with Crippen molar-refractivity contribution in [1.82, 2.24) is 4.90 Å². The molecule has 0 bridgehead atoms. The summed E-state index contributed by atoms with van der Waals surface area (Å²) in [5, 5.41) is 0. The van der Waals surface area contributed by atoms with Crippen LogP contribution in [0.1, 0.15) is 12.5 Å². The Morgan fingerprint density at radius 1 is 1.40 bits per heavy atom. The first-order chi connectivity index (χ1) is 7.19. The second-order valence-corrected chi connectivity index (χ2v) is 4.04. The Labute approximate surface area is 96.8 Å². The molecule has 0 aromatic heterocycles. The van der Waals surface area contributed by atoms with Crippen LogP contribution in [-0.2, 0) is 6.54 Å². The second kappa shape index (κ2) is 5.99. The molecule has 1 aromatic rings. The fourth-order valence-electron chi connectivity index (χ4n) is 1.38. The van der Waals surface area contributed by atoms with Gasteiger partial charge in [-0.1, -0.05) is 18.2 Å². The SMILES string of the molecule is COc1ccccc1CN(C)C(C)CCl. The van der Waals surface area contributed by atoms with Gasteiger partial charge in [-0.3, -0.25) is 4.90 Å². The van der Waals surface area contributed by atoms with Gasteiger partial charge in [0.2, 0.25) is 0 Å². The van der Waals surface area contributed by atoms with Gasteiger partial charge in [0, 0.05) is 24.0 Å². The molecule has 0 N–H and O–H groups in total. The first kappa shape index (κ1) is 12.3. The third-order valence-corrected chi connectivity index (χ3v) is 3.03.